The molecule has 0 aliphatic heterocycles. The van der Waals surface area contributed by atoms with Gasteiger partial charge in [0, 0.05) is 6.04 Å². The summed E-state index contributed by atoms with van der Waals surface area (Å²) in [4.78, 5) is 11.0. The van der Waals surface area contributed by atoms with Crippen LogP contribution < -0.4 is 5.32 Å². The number of hydrogen-bond donors (Lipinski definition) is 2. The number of hydrogen-bond acceptors (Lipinski definition) is 2. The van der Waals surface area contributed by atoms with Gasteiger partial charge in [-0.15, -0.1) is 0 Å². The first-order valence-corrected chi connectivity index (χ1v) is 5.15. The Kier molecular flexibility index (Phi) is 4.31. The molecular weight excluding hydrogens is 178 g/mol. The summed E-state index contributed by atoms with van der Waals surface area (Å²) < 4.78 is 0. The normalized spacial score (nSPS) is 19.2. The minimum absolute atomic E-state index is 0.252. The molecule has 0 bridgehead atoms. The van der Waals surface area contributed by atoms with Crippen molar-refractivity contribution < 1.29 is 9.90 Å². The molecule has 2 N–H and O–H groups in total. The van der Waals surface area contributed by atoms with Crippen LogP contribution in [0.2, 0.25) is 0 Å². The van der Waals surface area contributed by atoms with Crippen molar-refractivity contribution in [2.45, 2.75) is 45.1 Å². The molecule has 1 rings (SSSR count). The number of carbonyl (C=O) groups is 1. The second kappa shape index (κ2) is 5.54. The molecule has 1 aliphatic carbocycles. The molecule has 1 unspecified atom stereocenters. The average molecular weight is 195 g/mol. The second-order valence-corrected chi connectivity index (χ2v) is 3.73. The number of carboxylic acid groups (broad SMARTS) is 1. The van der Waals surface area contributed by atoms with Gasteiger partial charge in [-0.05, 0) is 25.7 Å². The predicted molar refractivity (Wildman–Crippen MR) is 54.6 cm³/mol. The SMILES string of the molecule is CC#CNC(C(=O)O)C1CCCCC1. The van der Waals surface area contributed by atoms with Gasteiger partial charge in [0.15, 0.2) is 0 Å². The van der Waals surface area contributed by atoms with E-state index in [-0.39, 0.29) is 5.92 Å². The number of nitrogens with one attached hydrogen (secondary N) is 1. The fraction of sp³-hybridized carbons (Fsp3) is 0.727. The Morgan fingerprint density at radius 1 is 1.43 bits per heavy atom. The van der Waals surface area contributed by atoms with Crippen molar-refractivity contribution in [3.8, 4) is 12.0 Å². The molecule has 3 heteroatoms. The maximum atomic E-state index is 11.0. The lowest BCUT2D eigenvalue weighted by molar-refractivity contribution is -0.140. The van der Waals surface area contributed by atoms with Gasteiger partial charge in [-0.1, -0.05) is 25.2 Å². The zero-order chi connectivity index (χ0) is 10.4. The molecule has 0 aromatic carbocycles. The molecular formula is C11H17NO2. The molecule has 1 saturated carbocycles. The third-order valence-corrected chi connectivity index (χ3v) is 2.74. The van der Waals surface area contributed by atoms with E-state index in [1.54, 1.807) is 6.92 Å². The van der Waals surface area contributed by atoms with Crippen LogP contribution in [0.15, 0.2) is 0 Å². The van der Waals surface area contributed by atoms with E-state index in [4.69, 9.17) is 5.11 Å². The highest BCUT2D eigenvalue weighted by Gasteiger charge is 2.28. The molecule has 0 aromatic rings. The highest BCUT2D eigenvalue weighted by Crippen LogP contribution is 2.26. The number of aliphatic carboxylic acids is 1. The van der Waals surface area contributed by atoms with E-state index in [1.165, 1.54) is 6.42 Å². The van der Waals surface area contributed by atoms with Crippen LogP contribution in [0.5, 0.6) is 0 Å². The van der Waals surface area contributed by atoms with Crippen LogP contribution in [0.1, 0.15) is 39.0 Å². The molecule has 0 spiro atoms. The Balaban J connectivity index is 2.54. The van der Waals surface area contributed by atoms with Crippen LogP contribution in [0, 0.1) is 17.9 Å². The smallest absolute Gasteiger partial charge is 0.327 e. The fourth-order valence-corrected chi connectivity index (χ4v) is 2.00. The van der Waals surface area contributed by atoms with Crippen molar-refractivity contribution in [1.29, 1.82) is 0 Å². The van der Waals surface area contributed by atoms with Crippen molar-refractivity contribution in [2.75, 3.05) is 0 Å². The third kappa shape index (κ3) is 2.95. The fourth-order valence-electron chi connectivity index (χ4n) is 2.00. The summed E-state index contributed by atoms with van der Waals surface area (Å²) >= 11 is 0. The van der Waals surface area contributed by atoms with Crippen molar-refractivity contribution in [2.24, 2.45) is 5.92 Å². The Bertz CT molecular complexity index is 246. The van der Waals surface area contributed by atoms with E-state index in [1.807, 2.05) is 0 Å². The van der Waals surface area contributed by atoms with Crippen molar-refractivity contribution in [1.82, 2.24) is 5.32 Å². The summed E-state index contributed by atoms with van der Waals surface area (Å²) in [6.45, 7) is 1.70. The van der Waals surface area contributed by atoms with Gasteiger partial charge in [0.1, 0.15) is 6.04 Å². The highest BCUT2D eigenvalue weighted by molar-refractivity contribution is 5.74. The van der Waals surface area contributed by atoms with Crippen LogP contribution in [0.4, 0.5) is 0 Å². The van der Waals surface area contributed by atoms with Gasteiger partial charge in [0.05, 0.1) is 0 Å². The maximum Gasteiger partial charge on any atom is 0.327 e. The zero-order valence-corrected chi connectivity index (χ0v) is 8.55. The summed E-state index contributed by atoms with van der Waals surface area (Å²) in [7, 11) is 0. The quantitative estimate of drug-likeness (QED) is 0.531. The first kappa shape index (κ1) is 10.9. The summed E-state index contributed by atoms with van der Waals surface area (Å²) in [5, 5.41) is 11.8. The van der Waals surface area contributed by atoms with Crippen LogP contribution in [-0.4, -0.2) is 17.1 Å². The number of carboxylic acids is 1. The van der Waals surface area contributed by atoms with Crippen LogP contribution in [0.3, 0.4) is 0 Å². The molecule has 0 amide bonds. The Hall–Kier alpha value is -1.17. The van der Waals surface area contributed by atoms with Gasteiger partial charge in [-0.3, -0.25) is 0 Å². The third-order valence-electron chi connectivity index (χ3n) is 2.74. The monoisotopic (exact) mass is 195 g/mol. The molecule has 78 valence electrons. The van der Waals surface area contributed by atoms with E-state index in [0.717, 1.165) is 25.7 Å². The Labute approximate surface area is 84.9 Å². The zero-order valence-electron chi connectivity index (χ0n) is 8.55. The van der Waals surface area contributed by atoms with Gasteiger partial charge in [-0.2, -0.15) is 0 Å². The summed E-state index contributed by atoms with van der Waals surface area (Å²) in [6, 6.07) is 2.16. The molecule has 0 aromatic heterocycles. The second-order valence-electron chi connectivity index (χ2n) is 3.73. The van der Waals surface area contributed by atoms with E-state index in [2.05, 4.69) is 17.3 Å². The first-order valence-electron chi connectivity index (χ1n) is 5.15. The van der Waals surface area contributed by atoms with E-state index >= 15 is 0 Å². The minimum Gasteiger partial charge on any atom is -0.480 e. The molecule has 1 fully saturated rings. The lowest BCUT2D eigenvalue weighted by Crippen LogP contribution is -2.41. The molecule has 3 nitrogen and oxygen atoms in total. The van der Waals surface area contributed by atoms with Gasteiger partial charge < -0.3 is 10.4 Å². The molecule has 1 atom stereocenters. The van der Waals surface area contributed by atoms with Crippen molar-refractivity contribution in [3.63, 3.8) is 0 Å². The van der Waals surface area contributed by atoms with Gasteiger partial charge in [0.25, 0.3) is 0 Å². The molecule has 14 heavy (non-hydrogen) atoms. The standard InChI is InChI=1S/C11H17NO2/c1-2-8-12-10(11(13)14)9-6-4-3-5-7-9/h9-10,12H,3-7H2,1H3,(H,13,14). The summed E-state index contributed by atoms with van der Waals surface area (Å²) in [5.41, 5.74) is 0. The van der Waals surface area contributed by atoms with Gasteiger partial charge >= 0.3 is 5.97 Å². The Morgan fingerprint density at radius 3 is 2.57 bits per heavy atom. The van der Waals surface area contributed by atoms with Crippen LogP contribution in [-0.2, 0) is 4.79 Å². The number of rotatable bonds is 3. The van der Waals surface area contributed by atoms with E-state index < -0.39 is 12.0 Å². The average Bonchev–Trinajstić information content (AvgIpc) is 2.19. The topological polar surface area (TPSA) is 49.3 Å². The van der Waals surface area contributed by atoms with Crippen LogP contribution in [0.25, 0.3) is 0 Å². The van der Waals surface area contributed by atoms with Crippen LogP contribution >= 0.6 is 0 Å². The highest BCUT2D eigenvalue weighted by atomic mass is 16.4. The Morgan fingerprint density at radius 2 is 2.07 bits per heavy atom. The largest absolute Gasteiger partial charge is 0.480 e. The maximum absolute atomic E-state index is 11.0. The van der Waals surface area contributed by atoms with Crippen molar-refractivity contribution in [3.05, 3.63) is 0 Å². The van der Waals surface area contributed by atoms with E-state index in [0.29, 0.717) is 0 Å². The predicted octanol–water partition coefficient (Wildman–Crippen LogP) is 1.59. The van der Waals surface area contributed by atoms with Gasteiger partial charge in [0.2, 0.25) is 0 Å². The summed E-state index contributed by atoms with van der Waals surface area (Å²) in [5.74, 6) is 2.14. The lowest BCUT2D eigenvalue weighted by Gasteiger charge is -2.26. The summed E-state index contributed by atoms with van der Waals surface area (Å²) in [6.07, 6.45) is 5.55. The molecule has 0 saturated heterocycles. The first-order chi connectivity index (χ1) is 6.75. The molecule has 0 heterocycles. The minimum atomic E-state index is -0.778. The molecule has 1 aliphatic rings. The lowest BCUT2D eigenvalue weighted by atomic mass is 9.84. The van der Waals surface area contributed by atoms with Crippen molar-refractivity contribution >= 4 is 5.97 Å². The molecule has 0 radical (unpaired) electrons. The van der Waals surface area contributed by atoms with Gasteiger partial charge in [-0.25, -0.2) is 4.79 Å². The van der Waals surface area contributed by atoms with E-state index in [9.17, 15) is 4.79 Å².